The van der Waals surface area contributed by atoms with Crippen LogP contribution in [0, 0.1) is 10.7 Å². The van der Waals surface area contributed by atoms with Gasteiger partial charge in [-0.15, -0.1) is 0 Å². The quantitative estimate of drug-likeness (QED) is 0.208. The molecule has 13 heteroatoms. The van der Waals surface area contributed by atoms with Crippen LogP contribution in [0.4, 0.5) is 5.69 Å². The van der Waals surface area contributed by atoms with Crippen molar-refractivity contribution in [3.63, 3.8) is 0 Å². The number of methoxy groups -OCH3 is 1. The molecule has 9 nitrogen and oxygen atoms in total. The van der Waals surface area contributed by atoms with Crippen LogP contribution in [0.25, 0.3) is 0 Å². The van der Waals surface area contributed by atoms with Gasteiger partial charge < -0.3 is 30.3 Å². The fourth-order valence-electron chi connectivity index (χ4n) is 2.31. The molecule has 0 spiro atoms. The summed E-state index contributed by atoms with van der Waals surface area (Å²) in [6.45, 7) is -1.52. The Kier molecular flexibility index (Phi) is 12.1. The maximum atomic E-state index is 13.2. The van der Waals surface area contributed by atoms with Crippen molar-refractivity contribution >= 4 is 102 Å². The molecule has 1 aromatic rings. The van der Waals surface area contributed by atoms with Gasteiger partial charge in [-0.1, -0.05) is 0 Å². The van der Waals surface area contributed by atoms with Crippen LogP contribution in [0.15, 0.2) is 0 Å². The second-order valence-corrected chi connectivity index (χ2v) is 9.21. The highest BCUT2D eigenvalue weighted by molar-refractivity contribution is 14.1. The summed E-state index contributed by atoms with van der Waals surface area (Å²) in [7, 11) is 1.35. The van der Waals surface area contributed by atoms with E-state index in [0.717, 1.165) is 4.90 Å². The molecule has 1 atom stereocenters. The molecule has 0 fully saturated rings. The van der Waals surface area contributed by atoms with Gasteiger partial charge in [0.2, 0.25) is 5.91 Å². The van der Waals surface area contributed by atoms with Crippen LogP contribution in [-0.4, -0.2) is 83.4 Å². The number of carbonyl (C=O) groups is 3. The second-order valence-electron chi connectivity index (χ2n) is 5.63. The monoisotopic (exact) mass is 766 g/mol. The Morgan fingerprint density at radius 1 is 1.14 bits per heavy atom. The average Bonchev–Trinajstić information content (AvgIpc) is 2.64. The van der Waals surface area contributed by atoms with Gasteiger partial charge in [0.15, 0.2) is 0 Å². The van der Waals surface area contributed by atoms with Crippen LogP contribution in [0.5, 0.6) is 0 Å². The van der Waals surface area contributed by atoms with E-state index in [1.807, 2.05) is 67.8 Å². The molecule has 0 aliphatic carbocycles. The van der Waals surface area contributed by atoms with Crippen molar-refractivity contribution in [2.75, 3.05) is 45.3 Å². The van der Waals surface area contributed by atoms with Gasteiger partial charge in [-0.3, -0.25) is 14.4 Å². The maximum absolute atomic E-state index is 13.2. The fraction of sp³-hybridized carbons (Fsp3) is 0.438. The van der Waals surface area contributed by atoms with E-state index in [1.54, 1.807) is 0 Å². The lowest BCUT2D eigenvalue weighted by atomic mass is 10.1. The van der Waals surface area contributed by atoms with Crippen molar-refractivity contribution < 1.29 is 34.4 Å². The molecule has 0 radical (unpaired) electrons. The van der Waals surface area contributed by atoms with E-state index >= 15 is 0 Å². The predicted molar refractivity (Wildman–Crippen MR) is 131 cm³/mol. The topological polar surface area (TPSA) is 136 Å². The first-order valence-electron chi connectivity index (χ1n) is 7.98. The summed E-state index contributed by atoms with van der Waals surface area (Å²) in [5.74, 6) is -1.09. The van der Waals surface area contributed by atoms with Gasteiger partial charge >= 0.3 is 0 Å². The van der Waals surface area contributed by atoms with Gasteiger partial charge in [0.25, 0.3) is 11.1 Å². The van der Waals surface area contributed by atoms with Gasteiger partial charge in [-0.25, -0.2) is 0 Å². The summed E-state index contributed by atoms with van der Waals surface area (Å²) in [6.07, 6.45) is -1.21. The molecule has 0 aliphatic rings. The molecule has 0 aromatic heterocycles. The molecule has 0 saturated heterocycles. The minimum absolute atomic E-state index is 0.0519. The molecule has 0 aliphatic heterocycles. The lowest BCUT2D eigenvalue weighted by Crippen LogP contribution is -2.41. The highest BCUT2D eigenvalue weighted by Crippen LogP contribution is 2.37. The number of rotatable bonds is 10. The molecule has 1 unspecified atom stereocenters. The van der Waals surface area contributed by atoms with E-state index in [0.29, 0.717) is 7.14 Å². The second kappa shape index (κ2) is 12.9. The van der Waals surface area contributed by atoms with E-state index in [-0.39, 0.29) is 46.7 Å². The van der Waals surface area contributed by atoms with Gasteiger partial charge in [-0.2, -0.15) is 0 Å². The minimum atomic E-state index is -1.21. The van der Waals surface area contributed by atoms with Crippen molar-refractivity contribution in [1.82, 2.24) is 4.90 Å². The first-order valence-corrected chi connectivity index (χ1v) is 11.6. The van der Waals surface area contributed by atoms with E-state index in [4.69, 9.17) is 21.4 Å². The zero-order valence-corrected chi connectivity index (χ0v) is 22.3. The van der Waals surface area contributed by atoms with Crippen molar-refractivity contribution in [1.29, 1.82) is 0 Å². The standard InChI is InChI=1S/C16H18ClI3N2O7/c1-29-6-8(26)21-14-12(19)9(15(17)27)11(18)10(13(14)20)16(28)22(2-3-23)4-7(25)5-24/h7,23-25H,2-6H2,1H3,(H,21,26). The first-order chi connectivity index (χ1) is 13.6. The molecule has 0 heterocycles. The van der Waals surface area contributed by atoms with E-state index in [1.165, 1.54) is 7.11 Å². The Morgan fingerprint density at radius 3 is 2.21 bits per heavy atom. The van der Waals surface area contributed by atoms with Crippen LogP contribution >= 0.6 is 79.4 Å². The van der Waals surface area contributed by atoms with Gasteiger partial charge in [-0.05, 0) is 79.4 Å². The van der Waals surface area contributed by atoms with E-state index in [2.05, 4.69) is 5.32 Å². The third kappa shape index (κ3) is 7.08. The Labute approximate surface area is 212 Å². The first kappa shape index (κ1) is 27.2. The molecule has 1 aromatic carbocycles. The fourth-order valence-corrected chi connectivity index (χ4v) is 7.20. The van der Waals surface area contributed by atoms with Crippen LogP contribution < -0.4 is 5.32 Å². The van der Waals surface area contributed by atoms with E-state index in [9.17, 15) is 24.6 Å². The minimum Gasteiger partial charge on any atom is -0.395 e. The third-order valence-electron chi connectivity index (χ3n) is 3.57. The SMILES string of the molecule is COCC(=O)Nc1c(I)c(C(=O)Cl)c(I)c(C(=O)N(CCO)CC(O)CO)c1I. The number of carbonyl (C=O) groups excluding carboxylic acids is 3. The molecule has 29 heavy (non-hydrogen) atoms. The summed E-state index contributed by atoms with van der Waals surface area (Å²) < 4.78 is 5.78. The predicted octanol–water partition coefficient (Wildman–Crippen LogP) is 1.25. The number of anilines is 1. The number of hydrogen-bond donors (Lipinski definition) is 4. The molecule has 1 rings (SSSR count). The summed E-state index contributed by atoms with van der Waals surface area (Å²) in [4.78, 5) is 38.4. The van der Waals surface area contributed by atoms with Crippen LogP contribution in [0.2, 0.25) is 0 Å². The molecule has 0 saturated carbocycles. The number of ether oxygens (including phenoxy) is 1. The number of nitrogens with zero attached hydrogens (tertiary/aromatic N) is 1. The smallest absolute Gasteiger partial charge is 0.256 e. The lowest BCUT2D eigenvalue weighted by molar-refractivity contribution is -0.119. The third-order valence-corrected chi connectivity index (χ3v) is 6.99. The number of benzene rings is 1. The van der Waals surface area contributed by atoms with Crippen LogP contribution in [0.1, 0.15) is 20.7 Å². The summed E-state index contributed by atoms with van der Waals surface area (Å²) in [5.41, 5.74) is 0.366. The largest absolute Gasteiger partial charge is 0.395 e. The summed E-state index contributed by atoms with van der Waals surface area (Å²) in [5, 5.41) is 29.9. The molecule has 2 amide bonds. The number of aliphatic hydroxyl groups excluding tert-OH is 3. The highest BCUT2D eigenvalue weighted by atomic mass is 127. The van der Waals surface area contributed by atoms with E-state index < -0.39 is 29.8 Å². The van der Waals surface area contributed by atoms with Gasteiger partial charge in [0.05, 0.1) is 43.3 Å². The molecule has 162 valence electrons. The molecule has 4 N–H and O–H groups in total. The maximum Gasteiger partial charge on any atom is 0.256 e. The normalized spacial score (nSPS) is 11.9. The van der Waals surface area contributed by atoms with Crippen LogP contribution in [0.3, 0.4) is 0 Å². The number of nitrogens with one attached hydrogen (secondary N) is 1. The summed E-state index contributed by atoms with van der Waals surface area (Å²) >= 11 is 11.3. The van der Waals surface area contributed by atoms with Gasteiger partial charge in [0.1, 0.15) is 6.61 Å². The van der Waals surface area contributed by atoms with Crippen molar-refractivity contribution in [3.05, 3.63) is 21.8 Å². The Balaban J connectivity index is 3.62. The molecule has 0 bridgehead atoms. The lowest BCUT2D eigenvalue weighted by Gasteiger charge is -2.26. The van der Waals surface area contributed by atoms with Crippen LogP contribution in [-0.2, 0) is 9.53 Å². The number of hydrogen-bond acceptors (Lipinski definition) is 7. The number of amides is 2. The average molecular weight is 766 g/mol. The number of aliphatic hydroxyl groups is 3. The summed E-state index contributed by atoms with van der Waals surface area (Å²) in [6, 6.07) is 0. The Bertz CT molecular complexity index is 795. The zero-order valence-electron chi connectivity index (χ0n) is 15.0. The van der Waals surface area contributed by atoms with Gasteiger partial charge in [0, 0.05) is 23.8 Å². The van der Waals surface area contributed by atoms with Crippen molar-refractivity contribution in [2.45, 2.75) is 6.10 Å². The number of halogens is 4. The van der Waals surface area contributed by atoms with Crippen molar-refractivity contribution in [3.8, 4) is 0 Å². The van der Waals surface area contributed by atoms with Crippen molar-refractivity contribution in [2.24, 2.45) is 0 Å². The molecular weight excluding hydrogens is 748 g/mol. The molecular formula is C16H18ClI3N2O7. The Hall–Kier alpha value is 0.150. The Morgan fingerprint density at radius 2 is 1.72 bits per heavy atom. The highest BCUT2D eigenvalue weighted by Gasteiger charge is 2.30. The zero-order chi connectivity index (χ0) is 22.3.